The summed E-state index contributed by atoms with van der Waals surface area (Å²) >= 11 is 0. The second-order valence-corrected chi connectivity index (χ2v) is 7.55. The average Bonchev–Trinajstić information content (AvgIpc) is 2.80. The summed E-state index contributed by atoms with van der Waals surface area (Å²) in [4.78, 5) is 33.4. The first kappa shape index (κ1) is 21.4. The summed E-state index contributed by atoms with van der Waals surface area (Å²) in [7, 11) is 0. The molecule has 4 rings (SSSR count). The van der Waals surface area contributed by atoms with Gasteiger partial charge in [-0.15, -0.1) is 0 Å². The summed E-state index contributed by atoms with van der Waals surface area (Å²) in [5.41, 5.74) is -0.461. The lowest BCUT2D eigenvalue weighted by Gasteiger charge is -2.26. The zero-order valence-corrected chi connectivity index (χ0v) is 17.4. The van der Waals surface area contributed by atoms with Gasteiger partial charge in [0.25, 0.3) is 0 Å². The molecule has 0 amide bonds. The Morgan fingerprint density at radius 1 is 1.03 bits per heavy atom. The molecule has 0 radical (unpaired) electrons. The minimum atomic E-state index is -1.30. The molecule has 2 heterocycles. The Kier molecular flexibility index (Phi) is 5.58. The van der Waals surface area contributed by atoms with Crippen molar-refractivity contribution in [2.75, 3.05) is 18.5 Å². The highest BCUT2D eigenvalue weighted by Gasteiger charge is 2.35. The van der Waals surface area contributed by atoms with E-state index in [1.54, 1.807) is 38.1 Å². The Morgan fingerprint density at radius 3 is 2.50 bits per heavy atom. The number of aliphatic hydroxyl groups excluding tert-OH is 1. The Hall–Kier alpha value is -3.85. The van der Waals surface area contributed by atoms with Gasteiger partial charge in [0.1, 0.15) is 17.2 Å². The van der Waals surface area contributed by atoms with E-state index in [1.165, 1.54) is 12.1 Å². The van der Waals surface area contributed by atoms with Crippen LogP contribution in [0.5, 0.6) is 5.75 Å². The number of halogens is 1. The maximum atomic E-state index is 14.4. The van der Waals surface area contributed by atoms with Crippen LogP contribution in [-0.2, 0) is 19.9 Å². The standard InChI is InChI=1S/C23H20FN3O5/c1-23(2)21-20(31-17(29)9-10-18(30)32-23)19(26-22(27-21)25-11-12-28)15-7-8-16(24)14-6-4-3-5-13(14)15/h3-10,28H,11-12H2,1-2H3,(H,25,26,27)/b10-9-. The zero-order chi connectivity index (χ0) is 22.9. The number of ether oxygens (including phenoxy) is 2. The van der Waals surface area contributed by atoms with Gasteiger partial charge in [0.15, 0.2) is 11.4 Å². The van der Waals surface area contributed by atoms with E-state index in [4.69, 9.17) is 9.47 Å². The molecule has 0 aliphatic carbocycles. The fourth-order valence-electron chi connectivity index (χ4n) is 3.46. The first-order valence-electron chi connectivity index (χ1n) is 9.88. The van der Waals surface area contributed by atoms with Crippen LogP contribution in [0.3, 0.4) is 0 Å². The quantitative estimate of drug-likeness (QED) is 0.599. The molecule has 3 aromatic rings. The number of anilines is 1. The zero-order valence-electron chi connectivity index (χ0n) is 17.4. The van der Waals surface area contributed by atoms with Crippen molar-refractivity contribution in [3.63, 3.8) is 0 Å². The van der Waals surface area contributed by atoms with Crippen molar-refractivity contribution in [2.45, 2.75) is 19.4 Å². The largest absolute Gasteiger partial charge is 0.450 e. The van der Waals surface area contributed by atoms with E-state index in [0.29, 0.717) is 16.3 Å². The van der Waals surface area contributed by atoms with Crippen molar-refractivity contribution in [1.29, 1.82) is 0 Å². The number of hydrogen-bond acceptors (Lipinski definition) is 8. The van der Waals surface area contributed by atoms with Crippen molar-refractivity contribution in [3.8, 4) is 17.0 Å². The number of carbonyl (C=O) groups is 2. The summed E-state index contributed by atoms with van der Waals surface area (Å²) in [6, 6.07) is 9.67. The van der Waals surface area contributed by atoms with Gasteiger partial charge < -0.3 is 19.9 Å². The number of esters is 2. The number of aliphatic hydroxyl groups is 1. The molecule has 0 saturated heterocycles. The summed E-state index contributed by atoms with van der Waals surface area (Å²) in [6.45, 7) is 3.19. The molecule has 1 aromatic heterocycles. The minimum Gasteiger partial charge on any atom is -0.450 e. The number of nitrogens with zero attached hydrogens (tertiary/aromatic N) is 2. The normalized spacial score (nSPS) is 16.2. The van der Waals surface area contributed by atoms with Gasteiger partial charge in [0.05, 0.1) is 6.61 Å². The third kappa shape index (κ3) is 4.02. The van der Waals surface area contributed by atoms with Crippen LogP contribution in [-0.4, -0.2) is 40.2 Å². The van der Waals surface area contributed by atoms with Gasteiger partial charge >= 0.3 is 11.9 Å². The highest BCUT2D eigenvalue weighted by atomic mass is 19.1. The third-order valence-electron chi connectivity index (χ3n) is 4.87. The van der Waals surface area contributed by atoms with E-state index in [1.807, 2.05) is 0 Å². The Balaban J connectivity index is 2.05. The molecule has 1 aliphatic rings. The van der Waals surface area contributed by atoms with E-state index in [0.717, 1.165) is 12.2 Å². The molecule has 0 unspecified atom stereocenters. The molecule has 0 bridgehead atoms. The maximum absolute atomic E-state index is 14.4. The van der Waals surface area contributed by atoms with Crippen molar-refractivity contribution in [3.05, 3.63) is 60.1 Å². The van der Waals surface area contributed by atoms with E-state index < -0.39 is 23.4 Å². The van der Waals surface area contributed by atoms with Gasteiger partial charge in [0.2, 0.25) is 5.95 Å². The highest BCUT2D eigenvalue weighted by Crippen LogP contribution is 2.41. The number of rotatable bonds is 4. The summed E-state index contributed by atoms with van der Waals surface area (Å²) < 4.78 is 25.5. The Morgan fingerprint density at radius 2 is 1.75 bits per heavy atom. The Labute approximate surface area is 182 Å². The van der Waals surface area contributed by atoms with Gasteiger partial charge in [0, 0.05) is 29.6 Å². The average molecular weight is 437 g/mol. The first-order chi connectivity index (χ1) is 15.3. The fourth-order valence-corrected chi connectivity index (χ4v) is 3.46. The topological polar surface area (TPSA) is 111 Å². The number of nitrogens with one attached hydrogen (secondary N) is 1. The van der Waals surface area contributed by atoms with Gasteiger partial charge in [-0.1, -0.05) is 24.3 Å². The van der Waals surface area contributed by atoms with Crippen LogP contribution in [0, 0.1) is 5.82 Å². The molecule has 1 aliphatic heterocycles. The van der Waals surface area contributed by atoms with Crippen molar-refractivity contribution >= 4 is 28.7 Å². The lowest BCUT2D eigenvalue weighted by molar-refractivity contribution is -0.151. The summed E-state index contributed by atoms with van der Waals surface area (Å²) in [5.74, 6) is -1.85. The van der Waals surface area contributed by atoms with E-state index >= 15 is 0 Å². The summed E-state index contributed by atoms with van der Waals surface area (Å²) in [6.07, 6.45) is 1.93. The van der Waals surface area contributed by atoms with E-state index in [9.17, 15) is 19.1 Å². The second kappa shape index (κ2) is 8.35. The lowest BCUT2D eigenvalue weighted by Crippen LogP contribution is -2.27. The lowest BCUT2D eigenvalue weighted by atomic mass is 9.97. The van der Waals surface area contributed by atoms with Crippen LogP contribution in [0.2, 0.25) is 0 Å². The Bertz CT molecular complexity index is 1260. The monoisotopic (exact) mass is 437 g/mol. The van der Waals surface area contributed by atoms with Gasteiger partial charge in [-0.25, -0.2) is 23.9 Å². The third-order valence-corrected chi connectivity index (χ3v) is 4.87. The molecule has 0 spiro atoms. The molecule has 0 saturated carbocycles. The molecule has 164 valence electrons. The number of aromatic nitrogens is 2. The highest BCUT2D eigenvalue weighted by molar-refractivity contribution is 5.99. The molecule has 0 atom stereocenters. The van der Waals surface area contributed by atoms with E-state index in [2.05, 4.69) is 15.3 Å². The number of benzene rings is 2. The van der Waals surface area contributed by atoms with Crippen LogP contribution in [0.1, 0.15) is 19.5 Å². The van der Waals surface area contributed by atoms with Gasteiger partial charge in [-0.2, -0.15) is 0 Å². The molecule has 9 heteroatoms. The molecule has 8 nitrogen and oxygen atoms in total. The fraction of sp³-hybridized carbons (Fsp3) is 0.217. The van der Waals surface area contributed by atoms with E-state index in [-0.39, 0.29) is 36.2 Å². The molecular weight excluding hydrogens is 417 g/mol. The van der Waals surface area contributed by atoms with Crippen LogP contribution in [0.4, 0.5) is 10.3 Å². The molecule has 0 fully saturated rings. The number of cyclic esters (lactones) is 1. The van der Waals surface area contributed by atoms with Crippen molar-refractivity contribution < 1.29 is 28.6 Å². The number of fused-ring (bicyclic) bond motifs is 2. The SMILES string of the molecule is CC1(C)OC(=O)/C=C\C(=O)Oc2c(-c3ccc(F)c4ccccc34)nc(NCCO)nc21. The minimum absolute atomic E-state index is 0.00865. The van der Waals surface area contributed by atoms with Crippen LogP contribution in [0.25, 0.3) is 22.0 Å². The molecular formula is C23H20FN3O5. The van der Waals surface area contributed by atoms with Gasteiger partial charge in [-0.05, 0) is 31.4 Å². The van der Waals surface area contributed by atoms with Crippen LogP contribution < -0.4 is 10.1 Å². The van der Waals surface area contributed by atoms with Crippen molar-refractivity contribution in [1.82, 2.24) is 9.97 Å². The molecule has 32 heavy (non-hydrogen) atoms. The first-order valence-corrected chi connectivity index (χ1v) is 9.88. The maximum Gasteiger partial charge on any atom is 0.336 e. The number of hydrogen-bond donors (Lipinski definition) is 2. The second-order valence-electron chi connectivity index (χ2n) is 7.55. The predicted molar refractivity (Wildman–Crippen MR) is 114 cm³/mol. The summed E-state index contributed by atoms with van der Waals surface area (Å²) in [5, 5.41) is 13.0. The van der Waals surface area contributed by atoms with Gasteiger partial charge in [-0.3, -0.25) is 0 Å². The van der Waals surface area contributed by atoms with Crippen LogP contribution in [0.15, 0.2) is 48.6 Å². The molecule has 2 aromatic carbocycles. The smallest absolute Gasteiger partial charge is 0.336 e. The predicted octanol–water partition coefficient (Wildman–Crippen LogP) is 3.09. The van der Waals surface area contributed by atoms with Crippen molar-refractivity contribution in [2.24, 2.45) is 0 Å². The van der Waals surface area contributed by atoms with Crippen LogP contribution >= 0.6 is 0 Å². The number of carbonyl (C=O) groups excluding carboxylic acids is 2. The molecule has 2 N–H and O–H groups in total.